The lowest BCUT2D eigenvalue weighted by Crippen LogP contribution is -2.58. The fraction of sp³-hybridized carbons (Fsp3) is 0.548. The summed E-state index contributed by atoms with van der Waals surface area (Å²) in [5.41, 5.74) is 0.352. The third kappa shape index (κ3) is 5.48. The van der Waals surface area contributed by atoms with Gasteiger partial charge in [0.25, 0.3) is 5.91 Å². The number of carboxylic acids is 1. The van der Waals surface area contributed by atoms with E-state index in [0.717, 1.165) is 62.4 Å². The van der Waals surface area contributed by atoms with E-state index in [0.29, 0.717) is 31.6 Å². The number of piperidine rings is 1. The molecule has 0 spiro atoms. The number of hydrogen-bond donors (Lipinski definition) is 1. The van der Waals surface area contributed by atoms with Crippen molar-refractivity contribution in [3.63, 3.8) is 0 Å². The maximum atomic E-state index is 13.9. The molecule has 0 radical (unpaired) electrons. The molecule has 1 amide bonds. The molecule has 6 rings (SSSR count). The molecule has 0 bridgehead atoms. The van der Waals surface area contributed by atoms with Crippen molar-refractivity contribution < 1.29 is 37.0 Å². The van der Waals surface area contributed by atoms with Crippen molar-refractivity contribution in [2.24, 2.45) is 5.92 Å². The minimum Gasteiger partial charge on any atom is -0.478 e. The van der Waals surface area contributed by atoms with Crippen molar-refractivity contribution in [3.05, 3.63) is 70.0 Å². The second kappa shape index (κ2) is 10.7. The number of carboxylic acid groups (broad SMARTS) is 1. The predicted octanol–water partition coefficient (Wildman–Crippen LogP) is 5.63. The summed E-state index contributed by atoms with van der Waals surface area (Å²) >= 11 is 0. The van der Waals surface area contributed by atoms with Crippen LogP contribution >= 0.6 is 0 Å². The first-order valence-electron chi connectivity index (χ1n) is 14.4. The number of aromatic carboxylic acids is 1. The van der Waals surface area contributed by atoms with E-state index in [1.165, 1.54) is 24.3 Å². The molecule has 3 aliphatic heterocycles. The number of nitrogens with zero attached hydrogens (tertiary/aromatic N) is 2. The number of halogens is 4. The van der Waals surface area contributed by atoms with Crippen LogP contribution in [0.2, 0.25) is 0 Å². The molecule has 1 N–H and O–H groups in total. The maximum Gasteiger partial charge on any atom is 0.416 e. The van der Waals surface area contributed by atoms with Crippen molar-refractivity contribution >= 4 is 11.9 Å². The first-order valence-corrected chi connectivity index (χ1v) is 14.4. The maximum absolute atomic E-state index is 13.9. The van der Waals surface area contributed by atoms with Crippen LogP contribution in [-0.4, -0.2) is 64.7 Å². The van der Waals surface area contributed by atoms with Crippen LogP contribution in [0.4, 0.5) is 17.6 Å². The minimum atomic E-state index is -4.42. The molecule has 1 saturated carbocycles. The van der Waals surface area contributed by atoms with Gasteiger partial charge in [0.05, 0.1) is 17.7 Å². The SMILES string of the molecule is O=C(O)c1cc(C2CCN([C@@H]3CC[C@@](C(=O)N4CCc5ccc(C(F)(F)F)cc5C4)(C4CC4)OC3)CC2)ccc1F. The van der Waals surface area contributed by atoms with Gasteiger partial charge in [-0.3, -0.25) is 9.69 Å². The molecular weight excluding hydrogens is 540 g/mol. The van der Waals surface area contributed by atoms with E-state index < -0.39 is 29.1 Å². The molecule has 10 heteroatoms. The molecule has 220 valence electrons. The number of ether oxygens (including phenoxy) is 1. The Bertz CT molecular complexity index is 1330. The van der Waals surface area contributed by atoms with Gasteiger partial charge in [-0.05, 0) is 111 Å². The van der Waals surface area contributed by atoms with Gasteiger partial charge in [-0.25, -0.2) is 9.18 Å². The summed E-state index contributed by atoms with van der Waals surface area (Å²) in [6.45, 7) is 2.66. The van der Waals surface area contributed by atoms with E-state index in [1.54, 1.807) is 11.0 Å². The second-order valence-corrected chi connectivity index (χ2v) is 12.0. The third-order valence-corrected chi connectivity index (χ3v) is 9.55. The quantitative estimate of drug-likeness (QED) is 0.469. The molecule has 2 saturated heterocycles. The number of amides is 1. The summed E-state index contributed by atoms with van der Waals surface area (Å²) in [7, 11) is 0. The Hall–Kier alpha value is -2.98. The normalized spacial score (nSPS) is 26.0. The Kier molecular flexibility index (Phi) is 7.34. The van der Waals surface area contributed by atoms with Gasteiger partial charge in [-0.15, -0.1) is 0 Å². The zero-order valence-electron chi connectivity index (χ0n) is 22.8. The summed E-state index contributed by atoms with van der Waals surface area (Å²) in [4.78, 5) is 29.3. The Morgan fingerprint density at radius 1 is 0.951 bits per heavy atom. The van der Waals surface area contributed by atoms with Gasteiger partial charge in [0.15, 0.2) is 0 Å². The first-order chi connectivity index (χ1) is 19.5. The monoisotopic (exact) mass is 574 g/mol. The van der Waals surface area contributed by atoms with Crippen LogP contribution in [0.3, 0.4) is 0 Å². The highest BCUT2D eigenvalue weighted by molar-refractivity contribution is 5.88. The van der Waals surface area contributed by atoms with Crippen LogP contribution in [0.15, 0.2) is 36.4 Å². The van der Waals surface area contributed by atoms with Crippen molar-refractivity contribution in [1.82, 2.24) is 9.80 Å². The van der Waals surface area contributed by atoms with Crippen LogP contribution < -0.4 is 0 Å². The molecule has 2 aromatic rings. The molecule has 0 unspecified atom stereocenters. The molecule has 2 aromatic carbocycles. The molecule has 2 atom stereocenters. The highest BCUT2D eigenvalue weighted by Crippen LogP contribution is 2.48. The van der Waals surface area contributed by atoms with Gasteiger partial charge in [-0.1, -0.05) is 12.1 Å². The third-order valence-electron chi connectivity index (χ3n) is 9.55. The molecule has 4 aliphatic rings. The smallest absolute Gasteiger partial charge is 0.416 e. The van der Waals surface area contributed by atoms with Gasteiger partial charge in [0, 0.05) is 19.1 Å². The molecule has 3 heterocycles. The zero-order chi connectivity index (χ0) is 28.9. The van der Waals surface area contributed by atoms with E-state index in [-0.39, 0.29) is 35.9 Å². The van der Waals surface area contributed by atoms with E-state index in [2.05, 4.69) is 4.90 Å². The van der Waals surface area contributed by atoms with E-state index in [9.17, 15) is 32.3 Å². The summed E-state index contributed by atoms with van der Waals surface area (Å²) in [5, 5.41) is 9.26. The summed E-state index contributed by atoms with van der Waals surface area (Å²) in [6.07, 6.45) is 0.970. The van der Waals surface area contributed by atoms with Crippen molar-refractivity contribution in [2.75, 3.05) is 26.2 Å². The highest BCUT2D eigenvalue weighted by atomic mass is 19.4. The Balaban J connectivity index is 1.08. The molecule has 1 aliphatic carbocycles. The minimum absolute atomic E-state index is 0.0919. The molecular formula is C31H34F4N2O4. The van der Waals surface area contributed by atoms with Crippen LogP contribution in [0, 0.1) is 11.7 Å². The van der Waals surface area contributed by atoms with Crippen LogP contribution in [0.1, 0.15) is 77.1 Å². The number of likely N-dealkylation sites (tertiary alicyclic amines) is 1. The molecule has 41 heavy (non-hydrogen) atoms. The van der Waals surface area contributed by atoms with Gasteiger partial charge < -0.3 is 14.7 Å². The Labute approximate surface area is 236 Å². The lowest BCUT2D eigenvalue weighted by molar-refractivity contribution is -0.177. The molecule has 0 aromatic heterocycles. The predicted molar refractivity (Wildman–Crippen MR) is 142 cm³/mol. The summed E-state index contributed by atoms with van der Waals surface area (Å²) in [5.74, 6) is -1.79. The molecule has 3 fully saturated rings. The van der Waals surface area contributed by atoms with Crippen LogP contribution in [-0.2, 0) is 28.7 Å². The number of carbonyl (C=O) groups excluding carboxylic acids is 1. The van der Waals surface area contributed by atoms with Gasteiger partial charge in [0.1, 0.15) is 11.4 Å². The second-order valence-electron chi connectivity index (χ2n) is 12.0. The number of hydrogen-bond acceptors (Lipinski definition) is 4. The first kappa shape index (κ1) is 28.2. The highest BCUT2D eigenvalue weighted by Gasteiger charge is 2.55. The van der Waals surface area contributed by atoms with Gasteiger partial charge >= 0.3 is 12.1 Å². The number of alkyl halides is 3. The van der Waals surface area contributed by atoms with Crippen molar-refractivity contribution in [3.8, 4) is 0 Å². The summed E-state index contributed by atoms with van der Waals surface area (Å²) in [6, 6.07) is 8.32. The van der Waals surface area contributed by atoms with E-state index in [1.807, 2.05) is 0 Å². The van der Waals surface area contributed by atoms with E-state index >= 15 is 0 Å². The molecule has 6 nitrogen and oxygen atoms in total. The zero-order valence-corrected chi connectivity index (χ0v) is 22.8. The lowest BCUT2D eigenvalue weighted by Gasteiger charge is -2.46. The number of carbonyl (C=O) groups is 2. The van der Waals surface area contributed by atoms with Crippen molar-refractivity contribution in [1.29, 1.82) is 0 Å². The fourth-order valence-corrected chi connectivity index (χ4v) is 7.02. The van der Waals surface area contributed by atoms with Crippen LogP contribution in [0.5, 0.6) is 0 Å². The Morgan fingerprint density at radius 3 is 2.34 bits per heavy atom. The van der Waals surface area contributed by atoms with E-state index in [4.69, 9.17) is 4.74 Å². The number of rotatable bonds is 5. The largest absolute Gasteiger partial charge is 0.478 e. The van der Waals surface area contributed by atoms with Crippen LogP contribution in [0.25, 0.3) is 0 Å². The number of benzene rings is 2. The topological polar surface area (TPSA) is 70.1 Å². The standard InChI is InChI=1S/C31H34F4N2O4/c32-27-6-2-21(16-26(27)28(38)39)20-8-12-36(13-9-20)25-7-11-30(41-18-25,23-4-5-23)29(40)37-14-10-19-1-3-24(31(33,34)35)15-22(19)17-37/h1-3,6,15-16,20,23,25H,4-5,7-14,17-18H2,(H,38,39)/t25-,30+/m1/s1. The summed E-state index contributed by atoms with van der Waals surface area (Å²) < 4.78 is 60.2. The Morgan fingerprint density at radius 2 is 1.71 bits per heavy atom. The number of fused-ring (bicyclic) bond motifs is 1. The fourth-order valence-electron chi connectivity index (χ4n) is 7.02. The average Bonchev–Trinajstić information content (AvgIpc) is 3.82. The van der Waals surface area contributed by atoms with Gasteiger partial charge in [0.2, 0.25) is 0 Å². The van der Waals surface area contributed by atoms with Gasteiger partial charge in [-0.2, -0.15) is 13.2 Å². The van der Waals surface area contributed by atoms with Crippen molar-refractivity contribution in [2.45, 2.75) is 75.2 Å². The average molecular weight is 575 g/mol. The lowest BCUT2D eigenvalue weighted by atomic mass is 9.83.